The first-order chi connectivity index (χ1) is 10.1. The van der Waals surface area contributed by atoms with Crippen LogP contribution in [0.3, 0.4) is 0 Å². The van der Waals surface area contributed by atoms with Crippen LogP contribution in [0.4, 0.5) is 0 Å². The Morgan fingerprint density at radius 2 is 1.57 bits per heavy atom. The Bertz CT molecular complexity index is 656. The summed E-state index contributed by atoms with van der Waals surface area (Å²) in [5.74, 6) is -0.843. The standard InChI is InChI=1S/C15H15NO5/c1-20-12(18)14-5-3-4-6(5)15(14,13(19)21-2)9-8(14)7-10(9)16-11(7)17/h3-10H,1-2H3,(H,16,17)/t5-,6+,7-,8-,9-,10-,14+,15-/m0/s1. The summed E-state index contributed by atoms with van der Waals surface area (Å²) in [6, 6.07) is 0.0225. The molecule has 1 saturated heterocycles. The second kappa shape index (κ2) is 3.00. The lowest BCUT2D eigenvalue weighted by atomic mass is 9.12. The molecule has 1 aliphatic heterocycles. The molecular weight excluding hydrogens is 274 g/mol. The van der Waals surface area contributed by atoms with Crippen LogP contribution in [-0.4, -0.2) is 38.1 Å². The minimum Gasteiger partial charge on any atom is -0.469 e. The maximum atomic E-state index is 12.6. The number of nitrogens with one attached hydrogen (secondary N) is 1. The number of allylic oxidation sites excluding steroid dienone is 2. The maximum Gasteiger partial charge on any atom is 0.314 e. The smallest absolute Gasteiger partial charge is 0.314 e. The SMILES string of the molecule is COC(=O)[C@@]12[C@H]3[C@@H]4C(=O)N[C@@H]4[C@H]3[C@]1(C(=O)OC)[C@@H]1C=C[C@@H]12. The van der Waals surface area contributed by atoms with Crippen molar-refractivity contribution in [3.05, 3.63) is 12.2 Å². The number of esters is 2. The summed E-state index contributed by atoms with van der Waals surface area (Å²) in [4.78, 5) is 36.9. The van der Waals surface area contributed by atoms with Crippen molar-refractivity contribution in [3.8, 4) is 0 Å². The molecule has 3 saturated carbocycles. The van der Waals surface area contributed by atoms with Crippen LogP contribution in [0.15, 0.2) is 12.2 Å². The van der Waals surface area contributed by atoms with E-state index in [4.69, 9.17) is 9.47 Å². The van der Waals surface area contributed by atoms with Crippen molar-refractivity contribution in [3.63, 3.8) is 0 Å². The molecule has 0 aromatic rings. The van der Waals surface area contributed by atoms with Crippen LogP contribution in [0, 0.1) is 40.4 Å². The Morgan fingerprint density at radius 3 is 2.00 bits per heavy atom. The summed E-state index contributed by atoms with van der Waals surface area (Å²) in [5, 5.41) is 2.87. The highest BCUT2D eigenvalue weighted by molar-refractivity contribution is 6.01. The number of rotatable bonds is 2. The number of carbonyl (C=O) groups excluding carboxylic acids is 3. The van der Waals surface area contributed by atoms with Gasteiger partial charge in [-0.25, -0.2) is 0 Å². The highest BCUT2D eigenvalue weighted by atomic mass is 16.5. The lowest BCUT2D eigenvalue weighted by Crippen LogP contribution is -2.99. The van der Waals surface area contributed by atoms with Gasteiger partial charge in [-0.3, -0.25) is 14.4 Å². The van der Waals surface area contributed by atoms with Crippen LogP contribution >= 0.6 is 0 Å². The molecule has 21 heavy (non-hydrogen) atoms. The molecule has 0 unspecified atom stereocenters. The Morgan fingerprint density at radius 1 is 1.05 bits per heavy atom. The minimum absolute atomic E-state index is 0.00486. The predicted octanol–water partition coefficient (Wildman–Crippen LogP) is -0.505. The number of hydrogen-bond donors (Lipinski definition) is 1. The van der Waals surface area contributed by atoms with E-state index in [2.05, 4.69) is 5.32 Å². The number of piperidine rings is 1. The predicted molar refractivity (Wildman–Crippen MR) is 67.4 cm³/mol. The van der Waals surface area contributed by atoms with Gasteiger partial charge in [-0.1, -0.05) is 12.2 Å². The van der Waals surface area contributed by atoms with Crippen molar-refractivity contribution >= 4 is 17.8 Å². The molecule has 1 N–H and O–H groups in total. The molecule has 0 aromatic carbocycles. The van der Waals surface area contributed by atoms with Gasteiger partial charge in [0.15, 0.2) is 0 Å². The lowest BCUT2D eigenvalue weighted by Gasteiger charge is -2.88. The molecule has 1 heterocycles. The van der Waals surface area contributed by atoms with Crippen LogP contribution in [-0.2, 0) is 23.9 Å². The maximum absolute atomic E-state index is 12.6. The number of fused-ring (bicyclic) bond motifs is 10. The summed E-state index contributed by atoms with van der Waals surface area (Å²) in [6.07, 6.45) is 3.97. The Balaban J connectivity index is 1.68. The van der Waals surface area contributed by atoms with Crippen molar-refractivity contribution in [1.82, 2.24) is 5.32 Å². The summed E-state index contributed by atoms with van der Waals surface area (Å²) >= 11 is 0. The molecule has 6 heteroatoms. The van der Waals surface area contributed by atoms with Crippen molar-refractivity contribution in [1.29, 1.82) is 0 Å². The van der Waals surface area contributed by atoms with Crippen molar-refractivity contribution in [2.45, 2.75) is 6.04 Å². The van der Waals surface area contributed by atoms with Gasteiger partial charge in [0.05, 0.1) is 31.0 Å². The normalized spacial score (nSPS) is 56.2. The molecular formula is C15H15NO5. The largest absolute Gasteiger partial charge is 0.469 e. The van der Waals surface area contributed by atoms with Gasteiger partial charge in [0.2, 0.25) is 5.91 Å². The first-order valence-electron chi connectivity index (χ1n) is 7.24. The molecule has 5 rings (SSSR count). The van der Waals surface area contributed by atoms with E-state index in [-0.39, 0.29) is 53.5 Å². The van der Waals surface area contributed by atoms with Crippen LogP contribution in [0.1, 0.15) is 0 Å². The van der Waals surface area contributed by atoms with Gasteiger partial charge < -0.3 is 14.8 Å². The minimum atomic E-state index is -0.877. The molecule has 6 nitrogen and oxygen atoms in total. The van der Waals surface area contributed by atoms with E-state index in [0.717, 1.165) is 0 Å². The summed E-state index contributed by atoms with van der Waals surface area (Å²) in [7, 11) is 2.71. The number of amides is 1. The Kier molecular flexibility index (Phi) is 1.68. The highest BCUT2D eigenvalue weighted by Crippen LogP contribution is 2.90. The van der Waals surface area contributed by atoms with E-state index in [0.29, 0.717) is 0 Å². The van der Waals surface area contributed by atoms with Gasteiger partial charge in [-0.2, -0.15) is 0 Å². The number of β-lactam (4-membered cyclic amide) rings is 1. The van der Waals surface area contributed by atoms with Crippen molar-refractivity contribution < 1.29 is 23.9 Å². The van der Waals surface area contributed by atoms with Crippen LogP contribution < -0.4 is 5.32 Å². The fraction of sp³-hybridized carbons (Fsp3) is 0.667. The molecule has 1 amide bonds. The lowest BCUT2D eigenvalue weighted by molar-refractivity contribution is -0.390. The quantitative estimate of drug-likeness (QED) is 0.321. The summed E-state index contributed by atoms with van der Waals surface area (Å²) in [6.45, 7) is 0. The molecule has 4 aliphatic carbocycles. The molecule has 0 aromatic heterocycles. The number of hydrogen-bond acceptors (Lipinski definition) is 5. The second-order valence-electron chi connectivity index (χ2n) is 6.77. The van der Waals surface area contributed by atoms with Crippen LogP contribution in [0.5, 0.6) is 0 Å². The zero-order chi connectivity index (χ0) is 14.7. The van der Waals surface area contributed by atoms with Gasteiger partial charge in [0.1, 0.15) is 0 Å². The molecule has 110 valence electrons. The van der Waals surface area contributed by atoms with E-state index in [1.807, 2.05) is 12.2 Å². The monoisotopic (exact) mass is 289 g/mol. The van der Waals surface area contributed by atoms with Gasteiger partial charge in [0, 0.05) is 23.8 Å². The zero-order valence-electron chi connectivity index (χ0n) is 11.7. The van der Waals surface area contributed by atoms with Gasteiger partial charge in [-0.15, -0.1) is 0 Å². The molecule has 0 spiro atoms. The zero-order valence-corrected chi connectivity index (χ0v) is 11.7. The van der Waals surface area contributed by atoms with Crippen LogP contribution in [0.25, 0.3) is 0 Å². The van der Waals surface area contributed by atoms with Crippen LogP contribution in [0.2, 0.25) is 0 Å². The third kappa shape index (κ3) is 0.737. The van der Waals surface area contributed by atoms with E-state index in [9.17, 15) is 14.4 Å². The first kappa shape index (κ1) is 11.8. The van der Waals surface area contributed by atoms with Crippen molar-refractivity contribution in [2.75, 3.05) is 14.2 Å². The van der Waals surface area contributed by atoms with E-state index < -0.39 is 10.8 Å². The van der Waals surface area contributed by atoms with E-state index in [1.54, 1.807) is 0 Å². The summed E-state index contributed by atoms with van der Waals surface area (Å²) in [5.41, 5.74) is -1.70. The Hall–Kier alpha value is -1.85. The molecule has 0 radical (unpaired) electrons. The molecule has 0 bridgehead atoms. The van der Waals surface area contributed by atoms with Crippen molar-refractivity contribution in [2.24, 2.45) is 40.4 Å². The fourth-order valence-corrected chi connectivity index (χ4v) is 6.33. The third-order valence-electron chi connectivity index (χ3n) is 6.91. The third-order valence-corrected chi connectivity index (χ3v) is 6.91. The number of methoxy groups -OCH3 is 2. The van der Waals surface area contributed by atoms with E-state index in [1.165, 1.54) is 14.2 Å². The highest BCUT2D eigenvalue weighted by Gasteiger charge is 2.99. The molecule has 5 aliphatic rings. The molecule has 4 fully saturated rings. The van der Waals surface area contributed by atoms with E-state index >= 15 is 0 Å². The average Bonchev–Trinajstić information content (AvgIpc) is 2.44. The summed E-state index contributed by atoms with van der Waals surface area (Å²) < 4.78 is 10.1. The first-order valence-corrected chi connectivity index (χ1v) is 7.24. The second-order valence-corrected chi connectivity index (χ2v) is 6.77. The number of carbonyl (C=O) groups is 3. The fourth-order valence-electron chi connectivity index (χ4n) is 6.33. The Labute approximate surface area is 120 Å². The van der Waals surface area contributed by atoms with Gasteiger partial charge in [-0.05, 0) is 5.92 Å². The van der Waals surface area contributed by atoms with Gasteiger partial charge >= 0.3 is 11.9 Å². The number of ether oxygens (including phenoxy) is 2. The molecule has 8 atom stereocenters. The average molecular weight is 289 g/mol. The van der Waals surface area contributed by atoms with Gasteiger partial charge in [0.25, 0.3) is 0 Å². The topological polar surface area (TPSA) is 81.7 Å².